The summed E-state index contributed by atoms with van der Waals surface area (Å²) in [4.78, 5) is 4.11. The van der Waals surface area contributed by atoms with Crippen molar-refractivity contribution in [3.63, 3.8) is 0 Å². The molecule has 0 aliphatic carbocycles. The molecular weight excluding hydrogens is 182 g/mol. The van der Waals surface area contributed by atoms with Gasteiger partial charge in [0.05, 0.1) is 0 Å². The molecule has 2 N–H and O–H groups in total. The van der Waals surface area contributed by atoms with Gasteiger partial charge in [-0.3, -0.25) is 0 Å². The number of nitrogens with one attached hydrogen (secondary N) is 1. The van der Waals surface area contributed by atoms with E-state index in [2.05, 4.69) is 17.6 Å². The fourth-order valence-electron chi connectivity index (χ4n) is 1.53. The van der Waals surface area contributed by atoms with Crippen LogP contribution in [0.25, 0.3) is 10.9 Å². The van der Waals surface area contributed by atoms with Gasteiger partial charge in [0.15, 0.2) is 0 Å². The van der Waals surface area contributed by atoms with Gasteiger partial charge in [-0.2, -0.15) is 0 Å². The van der Waals surface area contributed by atoms with Crippen LogP contribution in [-0.4, -0.2) is 16.7 Å². The predicted octanol–water partition coefficient (Wildman–Crippen LogP) is 1.99. The van der Waals surface area contributed by atoms with Crippen LogP contribution in [0.4, 0.5) is 0 Å². The van der Waals surface area contributed by atoms with Gasteiger partial charge in [0.1, 0.15) is 0 Å². The highest BCUT2D eigenvalue weighted by atomic mass is 32.1. The number of H-pyrrole nitrogens is 1. The Morgan fingerprint density at radius 3 is 3.00 bits per heavy atom. The number of hydrogen-bond acceptors (Lipinski definition) is 2. The molecule has 1 aromatic heterocycles. The summed E-state index contributed by atoms with van der Waals surface area (Å²) < 4.78 is 0. The molecule has 3 heteroatoms. The van der Waals surface area contributed by atoms with E-state index in [1.807, 2.05) is 24.4 Å². The predicted molar refractivity (Wildman–Crippen MR) is 56.3 cm³/mol. The van der Waals surface area contributed by atoms with Crippen molar-refractivity contribution < 1.29 is 5.11 Å². The van der Waals surface area contributed by atoms with Crippen molar-refractivity contribution in [3.05, 3.63) is 30.0 Å². The molecule has 0 saturated carbocycles. The van der Waals surface area contributed by atoms with E-state index in [1.165, 1.54) is 0 Å². The maximum atomic E-state index is 8.85. The van der Waals surface area contributed by atoms with Crippen molar-refractivity contribution in [2.24, 2.45) is 0 Å². The molecule has 0 spiro atoms. The molecule has 2 rings (SSSR count). The number of aromatic amines is 1. The highest BCUT2D eigenvalue weighted by molar-refractivity contribution is 7.80. The summed E-state index contributed by atoms with van der Waals surface area (Å²) in [5, 5.41) is 9.97. The largest absolute Gasteiger partial charge is 0.396 e. The van der Waals surface area contributed by atoms with E-state index >= 15 is 0 Å². The molecule has 2 aromatic rings. The molecule has 13 heavy (non-hydrogen) atoms. The molecule has 0 fully saturated rings. The van der Waals surface area contributed by atoms with Crippen LogP contribution in [0.2, 0.25) is 0 Å². The quantitative estimate of drug-likeness (QED) is 0.627. The van der Waals surface area contributed by atoms with E-state index in [-0.39, 0.29) is 6.61 Å². The van der Waals surface area contributed by atoms with Crippen LogP contribution in [0.1, 0.15) is 5.56 Å². The Hall–Kier alpha value is -0.930. The summed E-state index contributed by atoms with van der Waals surface area (Å²) in [6, 6.07) is 6.03. The van der Waals surface area contributed by atoms with Gasteiger partial charge in [0.25, 0.3) is 0 Å². The molecule has 0 aliphatic rings. The number of aliphatic hydroxyl groups excluding tert-OH is 1. The topological polar surface area (TPSA) is 36.0 Å². The van der Waals surface area contributed by atoms with Gasteiger partial charge in [-0.15, -0.1) is 12.6 Å². The molecule has 0 amide bonds. The lowest BCUT2D eigenvalue weighted by molar-refractivity contribution is 0.300. The first-order valence-corrected chi connectivity index (χ1v) is 4.66. The molecule has 1 aromatic carbocycles. The number of fused-ring (bicyclic) bond motifs is 1. The number of hydrogen-bond donors (Lipinski definition) is 3. The van der Waals surface area contributed by atoms with Crippen LogP contribution in [-0.2, 0) is 6.42 Å². The average molecular weight is 193 g/mol. The molecule has 1 heterocycles. The Balaban J connectivity index is 2.63. The summed E-state index contributed by atoms with van der Waals surface area (Å²) in [5.41, 5.74) is 2.22. The van der Waals surface area contributed by atoms with Crippen molar-refractivity contribution in [1.82, 2.24) is 4.98 Å². The SMILES string of the molecule is OCCc1cccc2c(S)c[nH]c12. The molecule has 68 valence electrons. The van der Waals surface area contributed by atoms with Crippen LogP contribution in [0, 0.1) is 0 Å². The zero-order chi connectivity index (χ0) is 9.26. The number of benzene rings is 1. The Kier molecular flexibility index (Phi) is 2.29. The lowest BCUT2D eigenvalue weighted by atomic mass is 10.1. The second kappa shape index (κ2) is 3.44. The first kappa shape index (κ1) is 8.66. The molecule has 0 aliphatic heterocycles. The Labute approximate surface area is 82.0 Å². The van der Waals surface area contributed by atoms with E-state index in [0.29, 0.717) is 6.42 Å². The second-order valence-corrected chi connectivity index (χ2v) is 3.47. The first-order chi connectivity index (χ1) is 6.33. The van der Waals surface area contributed by atoms with Gasteiger partial charge in [0.2, 0.25) is 0 Å². The van der Waals surface area contributed by atoms with Gasteiger partial charge >= 0.3 is 0 Å². The maximum Gasteiger partial charge on any atom is 0.0498 e. The fraction of sp³-hybridized carbons (Fsp3) is 0.200. The van der Waals surface area contributed by atoms with Gasteiger partial charge in [-0.05, 0) is 12.0 Å². The fourth-order valence-corrected chi connectivity index (χ4v) is 1.78. The van der Waals surface area contributed by atoms with Crippen molar-refractivity contribution in [3.8, 4) is 0 Å². The highest BCUT2D eigenvalue weighted by Gasteiger charge is 2.03. The van der Waals surface area contributed by atoms with Crippen molar-refractivity contribution in [2.75, 3.05) is 6.61 Å². The molecule has 2 nitrogen and oxygen atoms in total. The first-order valence-electron chi connectivity index (χ1n) is 4.21. The zero-order valence-corrected chi connectivity index (χ0v) is 8.01. The third kappa shape index (κ3) is 1.45. The van der Waals surface area contributed by atoms with E-state index in [4.69, 9.17) is 5.11 Å². The molecule has 0 saturated heterocycles. The number of para-hydroxylation sites is 1. The normalized spacial score (nSPS) is 10.9. The summed E-state index contributed by atoms with van der Waals surface area (Å²) in [6.07, 6.45) is 2.56. The number of aliphatic hydroxyl groups is 1. The minimum Gasteiger partial charge on any atom is -0.396 e. The third-order valence-corrected chi connectivity index (χ3v) is 2.53. The number of aromatic nitrogens is 1. The smallest absolute Gasteiger partial charge is 0.0498 e. The minimum atomic E-state index is 0.181. The molecule has 0 bridgehead atoms. The summed E-state index contributed by atoms with van der Waals surface area (Å²) in [5.74, 6) is 0. The Morgan fingerprint density at radius 1 is 1.38 bits per heavy atom. The van der Waals surface area contributed by atoms with E-state index in [1.54, 1.807) is 0 Å². The second-order valence-electron chi connectivity index (χ2n) is 2.99. The van der Waals surface area contributed by atoms with Crippen LogP contribution >= 0.6 is 12.6 Å². The van der Waals surface area contributed by atoms with Crippen molar-refractivity contribution in [1.29, 1.82) is 0 Å². The van der Waals surface area contributed by atoms with Crippen molar-refractivity contribution in [2.45, 2.75) is 11.3 Å². The maximum absolute atomic E-state index is 8.85. The van der Waals surface area contributed by atoms with E-state index < -0.39 is 0 Å². The molecule has 0 radical (unpaired) electrons. The van der Waals surface area contributed by atoms with Gasteiger partial charge in [-0.25, -0.2) is 0 Å². The van der Waals surface area contributed by atoms with E-state index in [9.17, 15) is 0 Å². The van der Waals surface area contributed by atoms with Crippen LogP contribution < -0.4 is 0 Å². The van der Waals surface area contributed by atoms with Gasteiger partial charge in [0, 0.05) is 28.6 Å². The summed E-state index contributed by atoms with van der Waals surface area (Å²) in [7, 11) is 0. The van der Waals surface area contributed by atoms with Crippen LogP contribution in [0.5, 0.6) is 0 Å². The van der Waals surface area contributed by atoms with Gasteiger partial charge < -0.3 is 10.1 Å². The molecule has 0 atom stereocenters. The van der Waals surface area contributed by atoms with Crippen LogP contribution in [0.15, 0.2) is 29.3 Å². The van der Waals surface area contributed by atoms with Crippen LogP contribution in [0.3, 0.4) is 0 Å². The number of thiol groups is 1. The summed E-state index contributed by atoms with van der Waals surface area (Å²) in [6.45, 7) is 0.181. The van der Waals surface area contributed by atoms with Gasteiger partial charge in [-0.1, -0.05) is 18.2 Å². The Bertz CT molecular complexity index is 422. The standard InChI is InChI=1S/C10H11NOS/c12-5-4-7-2-1-3-8-9(13)6-11-10(7)8/h1-3,6,11-13H,4-5H2. The monoisotopic (exact) mass is 193 g/mol. The van der Waals surface area contributed by atoms with E-state index in [0.717, 1.165) is 21.4 Å². The lowest BCUT2D eigenvalue weighted by Gasteiger charge is -1.99. The zero-order valence-electron chi connectivity index (χ0n) is 7.12. The molecular formula is C10H11NOS. The average Bonchev–Trinajstić information content (AvgIpc) is 2.50. The minimum absolute atomic E-state index is 0.181. The lowest BCUT2D eigenvalue weighted by Crippen LogP contribution is -1.91. The summed E-state index contributed by atoms with van der Waals surface area (Å²) >= 11 is 4.32. The highest BCUT2D eigenvalue weighted by Crippen LogP contribution is 2.24. The third-order valence-electron chi connectivity index (χ3n) is 2.16. The van der Waals surface area contributed by atoms with Crippen molar-refractivity contribution >= 4 is 23.5 Å². The Morgan fingerprint density at radius 2 is 2.23 bits per heavy atom. The molecule has 0 unspecified atom stereocenters. The number of rotatable bonds is 2.